The summed E-state index contributed by atoms with van der Waals surface area (Å²) in [5, 5.41) is 7.24. The third kappa shape index (κ3) is 2.74. The van der Waals surface area contributed by atoms with Crippen molar-refractivity contribution < 1.29 is 9.53 Å². The van der Waals surface area contributed by atoms with Crippen LogP contribution in [0.5, 0.6) is 5.88 Å². The van der Waals surface area contributed by atoms with Gasteiger partial charge in [-0.25, -0.2) is 9.67 Å². The quantitative estimate of drug-likeness (QED) is 0.938. The summed E-state index contributed by atoms with van der Waals surface area (Å²) < 4.78 is 7.03. The second kappa shape index (κ2) is 5.95. The molecule has 110 valence electrons. The Morgan fingerprint density at radius 3 is 2.90 bits per heavy atom. The Bertz CT molecular complexity index is 632. The molecule has 2 heterocycles. The maximum absolute atomic E-state index is 12.4. The maximum Gasteiger partial charge on any atom is 0.262 e. The fourth-order valence-electron chi connectivity index (χ4n) is 2.76. The second-order valence-corrected chi connectivity index (χ2v) is 5.11. The molecule has 1 aliphatic rings. The summed E-state index contributed by atoms with van der Waals surface area (Å²) in [6, 6.07) is 5.61. The number of carbonyl (C=O) groups is 1. The van der Waals surface area contributed by atoms with Crippen LogP contribution in [-0.2, 0) is 0 Å². The Kier molecular flexibility index (Phi) is 3.85. The highest BCUT2D eigenvalue weighted by molar-refractivity contribution is 6.05. The topological polar surface area (TPSA) is 69.0 Å². The number of hydrogen-bond acceptors (Lipinski definition) is 4. The largest absolute Gasteiger partial charge is 0.480 e. The van der Waals surface area contributed by atoms with Gasteiger partial charge >= 0.3 is 0 Å². The van der Waals surface area contributed by atoms with Crippen molar-refractivity contribution in [2.24, 2.45) is 0 Å². The number of nitrogens with one attached hydrogen (secondary N) is 1. The minimum absolute atomic E-state index is 0.236. The lowest BCUT2D eigenvalue weighted by molar-refractivity contribution is 0.102. The summed E-state index contributed by atoms with van der Waals surface area (Å²) in [5.74, 6) is 0.805. The molecule has 0 aromatic carbocycles. The Hall–Kier alpha value is -2.37. The van der Waals surface area contributed by atoms with Gasteiger partial charge in [0.25, 0.3) is 5.91 Å². The summed E-state index contributed by atoms with van der Waals surface area (Å²) in [5.41, 5.74) is 0.416. The molecule has 1 amide bonds. The van der Waals surface area contributed by atoms with Crippen molar-refractivity contribution in [2.45, 2.75) is 31.7 Å². The van der Waals surface area contributed by atoms with Crippen LogP contribution in [0.1, 0.15) is 42.1 Å². The van der Waals surface area contributed by atoms with Crippen LogP contribution in [0.4, 0.5) is 5.82 Å². The van der Waals surface area contributed by atoms with Gasteiger partial charge in [-0.05, 0) is 25.0 Å². The number of amides is 1. The number of hydrogen-bond donors (Lipinski definition) is 1. The van der Waals surface area contributed by atoms with Crippen molar-refractivity contribution in [3.63, 3.8) is 0 Å². The van der Waals surface area contributed by atoms with Gasteiger partial charge in [0.05, 0.1) is 19.3 Å². The van der Waals surface area contributed by atoms with E-state index in [0.29, 0.717) is 17.5 Å². The first-order valence-electron chi connectivity index (χ1n) is 7.13. The Morgan fingerprint density at radius 1 is 1.33 bits per heavy atom. The molecule has 0 aliphatic heterocycles. The van der Waals surface area contributed by atoms with E-state index in [4.69, 9.17) is 4.74 Å². The van der Waals surface area contributed by atoms with Gasteiger partial charge in [-0.2, -0.15) is 5.10 Å². The van der Waals surface area contributed by atoms with Crippen molar-refractivity contribution in [1.82, 2.24) is 14.8 Å². The van der Waals surface area contributed by atoms with Crippen LogP contribution in [0.3, 0.4) is 0 Å². The van der Waals surface area contributed by atoms with Gasteiger partial charge in [0, 0.05) is 12.3 Å². The van der Waals surface area contributed by atoms with Crippen LogP contribution in [0.15, 0.2) is 30.6 Å². The molecule has 3 rings (SSSR count). The zero-order valence-electron chi connectivity index (χ0n) is 12.0. The molecule has 6 heteroatoms. The standard InChI is InChI=1S/C15H18N4O2/c1-21-15-12(7-4-9-16-15)14(20)18-13-8-10-17-19(13)11-5-2-3-6-11/h4,7-11H,2-3,5-6H2,1H3,(H,18,20). The minimum atomic E-state index is -0.236. The lowest BCUT2D eigenvalue weighted by atomic mass is 10.2. The van der Waals surface area contributed by atoms with E-state index in [9.17, 15) is 4.79 Å². The van der Waals surface area contributed by atoms with E-state index in [2.05, 4.69) is 15.4 Å². The van der Waals surface area contributed by atoms with E-state index in [1.54, 1.807) is 24.5 Å². The van der Waals surface area contributed by atoms with Gasteiger partial charge in [0.1, 0.15) is 11.4 Å². The highest BCUT2D eigenvalue weighted by atomic mass is 16.5. The first-order valence-corrected chi connectivity index (χ1v) is 7.13. The van der Waals surface area contributed by atoms with Crippen molar-refractivity contribution >= 4 is 11.7 Å². The van der Waals surface area contributed by atoms with Gasteiger partial charge in [0.2, 0.25) is 5.88 Å². The molecule has 1 aliphatic carbocycles. The number of pyridine rings is 1. The Labute approximate surface area is 123 Å². The summed E-state index contributed by atoms with van der Waals surface area (Å²) in [7, 11) is 1.50. The second-order valence-electron chi connectivity index (χ2n) is 5.11. The molecular weight excluding hydrogens is 268 g/mol. The predicted octanol–water partition coefficient (Wildman–Crippen LogP) is 2.65. The SMILES string of the molecule is COc1ncccc1C(=O)Nc1ccnn1C1CCCC1. The smallest absolute Gasteiger partial charge is 0.262 e. The molecule has 21 heavy (non-hydrogen) atoms. The molecule has 0 atom stereocenters. The van der Waals surface area contributed by atoms with Crippen LogP contribution in [0.2, 0.25) is 0 Å². The molecule has 0 spiro atoms. The highest BCUT2D eigenvalue weighted by Crippen LogP contribution is 2.31. The van der Waals surface area contributed by atoms with Crippen molar-refractivity contribution in [3.8, 4) is 5.88 Å². The first-order chi connectivity index (χ1) is 10.3. The van der Waals surface area contributed by atoms with Crippen LogP contribution in [0.25, 0.3) is 0 Å². The normalized spacial score (nSPS) is 15.1. The summed E-state index contributed by atoms with van der Waals surface area (Å²) in [6.07, 6.45) is 7.97. The Morgan fingerprint density at radius 2 is 2.14 bits per heavy atom. The molecule has 0 saturated heterocycles. The van der Waals surface area contributed by atoms with Gasteiger partial charge in [-0.1, -0.05) is 12.8 Å². The molecule has 2 aromatic heterocycles. The Balaban J connectivity index is 1.80. The minimum Gasteiger partial charge on any atom is -0.480 e. The number of nitrogens with zero attached hydrogens (tertiary/aromatic N) is 3. The maximum atomic E-state index is 12.4. The zero-order chi connectivity index (χ0) is 14.7. The third-order valence-electron chi connectivity index (χ3n) is 3.79. The van der Waals surface area contributed by atoms with Gasteiger partial charge in [-0.3, -0.25) is 4.79 Å². The number of ether oxygens (including phenoxy) is 1. The van der Waals surface area contributed by atoms with E-state index in [-0.39, 0.29) is 5.91 Å². The highest BCUT2D eigenvalue weighted by Gasteiger charge is 2.21. The van der Waals surface area contributed by atoms with E-state index >= 15 is 0 Å². The number of aromatic nitrogens is 3. The fourth-order valence-corrected chi connectivity index (χ4v) is 2.76. The first kappa shape index (κ1) is 13.6. The van der Waals surface area contributed by atoms with Gasteiger partial charge in [-0.15, -0.1) is 0 Å². The van der Waals surface area contributed by atoms with Gasteiger partial charge < -0.3 is 10.1 Å². The molecule has 1 saturated carbocycles. The summed E-state index contributed by atoms with van der Waals surface area (Å²) >= 11 is 0. The van der Waals surface area contributed by atoms with E-state index in [1.165, 1.54) is 20.0 Å². The molecule has 0 bridgehead atoms. The van der Waals surface area contributed by atoms with Crippen LogP contribution in [-0.4, -0.2) is 27.8 Å². The lowest BCUT2D eigenvalue weighted by Gasteiger charge is -2.15. The third-order valence-corrected chi connectivity index (χ3v) is 3.79. The molecular formula is C15H18N4O2. The molecule has 1 fully saturated rings. The average molecular weight is 286 g/mol. The number of methoxy groups -OCH3 is 1. The van der Waals surface area contributed by atoms with Crippen molar-refractivity contribution in [3.05, 3.63) is 36.2 Å². The summed E-state index contributed by atoms with van der Waals surface area (Å²) in [6.45, 7) is 0. The van der Waals surface area contributed by atoms with Crippen LogP contribution in [0, 0.1) is 0 Å². The number of carbonyl (C=O) groups excluding carboxylic acids is 1. The van der Waals surface area contributed by atoms with Crippen LogP contribution < -0.4 is 10.1 Å². The molecule has 1 N–H and O–H groups in total. The fraction of sp³-hybridized carbons (Fsp3) is 0.400. The molecule has 0 radical (unpaired) electrons. The van der Waals surface area contributed by atoms with Crippen molar-refractivity contribution in [2.75, 3.05) is 12.4 Å². The summed E-state index contributed by atoms with van der Waals surface area (Å²) in [4.78, 5) is 16.4. The van der Waals surface area contributed by atoms with Crippen molar-refractivity contribution in [1.29, 1.82) is 0 Å². The van der Waals surface area contributed by atoms with E-state index in [1.807, 2.05) is 10.7 Å². The van der Waals surface area contributed by atoms with Crippen LogP contribution >= 0.6 is 0 Å². The molecule has 2 aromatic rings. The van der Waals surface area contributed by atoms with E-state index < -0.39 is 0 Å². The average Bonchev–Trinajstić information content (AvgIpc) is 3.17. The molecule has 0 unspecified atom stereocenters. The zero-order valence-corrected chi connectivity index (χ0v) is 12.0. The lowest BCUT2D eigenvalue weighted by Crippen LogP contribution is -2.18. The van der Waals surface area contributed by atoms with E-state index in [0.717, 1.165) is 18.7 Å². The number of anilines is 1. The van der Waals surface area contributed by atoms with Gasteiger partial charge in [0.15, 0.2) is 0 Å². The number of rotatable bonds is 4. The predicted molar refractivity (Wildman–Crippen MR) is 78.5 cm³/mol. The molecule has 6 nitrogen and oxygen atoms in total. The monoisotopic (exact) mass is 286 g/mol.